The molecule has 1 amide bonds. The predicted molar refractivity (Wildman–Crippen MR) is 121 cm³/mol. The summed E-state index contributed by atoms with van der Waals surface area (Å²) in [5.74, 6) is -0.147. The van der Waals surface area contributed by atoms with Gasteiger partial charge in [-0.1, -0.05) is 72.8 Å². The number of ether oxygens (including phenoxy) is 1. The number of carbonyl (C=O) groups is 2. The Labute approximate surface area is 186 Å². The number of esters is 1. The first-order chi connectivity index (χ1) is 14.1. The van der Waals surface area contributed by atoms with Crippen LogP contribution in [0.25, 0.3) is 0 Å². The first kappa shape index (κ1) is 22.2. The maximum atomic E-state index is 13.3. The number of fused-ring (bicyclic) bond motifs is 1. The van der Waals surface area contributed by atoms with Crippen molar-refractivity contribution >= 4 is 36.0 Å². The molecule has 1 fully saturated rings. The number of amides is 1. The average Bonchev–Trinajstić information content (AvgIpc) is 2.77. The van der Waals surface area contributed by atoms with Gasteiger partial charge in [0.25, 0.3) is 0 Å². The SMILES string of the molecule is C/C=C\C1=C(C(=O)OC(c2ccccc2)c2ccccc2)N2C(=O)C(N)[C@@H]2SC1.Cl. The molecule has 5 nitrogen and oxygen atoms in total. The van der Waals surface area contributed by atoms with Gasteiger partial charge in [-0.25, -0.2) is 4.79 Å². The Hall–Kier alpha value is -2.54. The number of rotatable bonds is 5. The highest BCUT2D eigenvalue weighted by molar-refractivity contribution is 8.00. The molecule has 156 valence electrons. The van der Waals surface area contributed by atoms with Crippen molar-refractivity contribution in [3.63, 3.8) is 0 Å². The fourth-order valence-electron chi connectivity index (χ4n) is 3.61. The van der Waals surface area contributed by atoms with Crippen LogP contribution in [0.4, 0.5) is 0 Å². The van der Waals surface area contributed by atoms with Gasteiger partial charge in [-0.15, -0.1) is 24.2 Å². The number of nitrogens with zero attached hydrogens (tertiary/aromatic N) is 1. The Morgan fingerprint density at radius 2 is 1.70 bits per heavy atom. The number of carbonyl (C=O) groups excluding carboxylic acids is 2. The van der Waals surface area contributed by atoms with E-state index in [0.29, 0.717) is 11.4 Å². The molecule has 2 aliphatic rings. The summed E-state index contributed by atoms with van der Waals surface area (Å²) >= 11 is 1.57. The van der Waals surface area contributed by atoms with Crippen molar-refractivity contribution in [1.82, 2.24) is 4.90 Å². The maximum absolute atomic E-state index is 13.3. The molecule has 30 heavy (non-hydrogen) atoms. The molecule has 2 N–H and O–H groups in total. The smallest absolute Gasteiger partial charge is 0.356 e. The number of hydrogen-bond donors (Lipinski definition) is 1. The zero-order valence-electron chi connectivity index (χ0n) is 16.4. The summed E-state index contributed by atoms with van der Waals surface area (Å²) in [6, 6.07) is 18.6. The standard InChI is InChI=1S/C23H22N2O3S.ClH/c1-2-9-17-14-29-22-18(24)21(26)25(22)19(17)23(27)28-20(15-10-5-3-6-11-15)16-12-7-4-8-13-16;/h2-13,18,20,22H,14,24H2,1H3;1H/b9-2-;/t18?,22-;/m0./s1. The van der Waals surface area contributed by atoms with Gasteiger partial charge in [-0.2, -0.15) is 0 Å². The van der Waals surface area contributed by atoms with Crippen molar-refractivity contribution in [3.05, 3.63) is 95.2 Å². The molecule has 1 saturated heterocycles. The van der Waals surface area contributed by atoms with E-state index in [1.807, 2.05) is 79.7 Å². The van der Waals surface area contributed by atoms with E-state index in [9.17, 15) is 9.59 Å². The van der Waals surface area contributed by atoms with Gasteiger partial charge in [0.15, 0.2) is 6.10 Å². The Morgan fingerprint density at radius 3 is 2.23 bits per heavy atom. The Kier molecular flexibility index (Phi) is 7.02. The summed E-state index contributed by atoms with van der Waals surface area (Å²) in [7, 11) is 0. The fraction of sp³-hybridized carbons (Fsp3) is 0.217. The van der Waals surface area contributed by atoms with Crippen LogP contribution in [-0.4, -0.2) is 33.9 Å². The van der Waals surface area contributed by atoms with Gasteiger partial charge < -0.3 is 10.5 Å². The lowest BCUT2D eigenvalue weighted by atomic mass is 10.0. The summed E-state index contributed by atoms with van der Waals surface area (Å²) in [4.78, 5) is 27.2. The molecule has 2 aromatic carbocycles. The predicted octanol–water partition coefficient (Wildman–Crippen LogP) is 3.81. The highest BCUT2D eigenvalue weighted by atomic mass is 35.5. The third-order valence-corrected chi connectivity index (χ3v) is 6.35. The molecule has 0 bridgehead atoms. The molecule has 4 rings (SSSR count). The number of β-lactam (4-membered cyclic amide) rings is 1. The summed E-state index contributed by atoms with van der Waals surface area (Å²) in [5.41, 5.74) is 8.75. The largest absolute Gasteiger partial charge is 0.448 e. The lowest BCUT2D eigenvalue weighted by Gasteiger charge is -2.48. The van der Waals surface area contributed by atoms with E-state index in [2.05, 4.69) is 0 Å². The van der Waals surface area contributed by atoms with Gasteiger partial charge in [0.2, 0.25) is 5.91 Å². The van der Waals surface area contributed by atoms with Crippen LogP contribution >= 0.6 is 24.2 Å². The number of nitrogens with two attached hydrogens (primary N) is 1. The number of halogens is 1. The molecular weight excluding hydrogens is 420 g/mol. The molecule has 2 atom stereocenters. The fourth-order valence-corrected chi connectivity index (χ4v) is 4.87. The van der Waals surface area contributed by atoms with Gasteiger partial charge in [-0.05, 0) is 23.6 Å². The highest BCUT2D eigenvalue weighted by Gasteiger charge is 2.52. The van der Waals surface area contributed by atoms with Crippen LogP contribution in [0.1, 0.15) is 24.2 Å². The minimum absolute atomic E-state index is 0. The van der Waals surface area contributed by atoms with E-state index in [0.717, 1.165) is 16.7 Å². The first-order valence-corrected chi connectivity index (χ1v) is 10.5. The van der Waals surface area contributed by atoms with E-state index < -0.39 is 18.1 Å². The van der Waals surface area contributed by atoms with Crippen LogP contribution in [0.5, 0.6) is 0 Å². The summed E-state index contributed by atoms with van der Waals surface area (Å²) in [6.07, 6.45) is 3.15. The van der Waals surface area contributed by atoms with E-state index in [-0.39, 0.29) is 23.7 Å². The lowest BCUT2D eigenvalue weighted by molar-refractivity contribution is -0.153. The van der Waals surface area contributed by atoms with Crippen LogP contribution in [0.2, 0.25) is 0 Å². The molecule has 0 aliphatic carbocycles. The monoisotopic (exact) mass is 442 g/mol. The van der Waals surface area contributed by atoms with E-state index in [1.165, 1.54) is 4.90 Å². The number of thioether (sulfide) groups is 1. The molecule has 0 saturated carbocycles. The van der Waals surface area contributed by atoms with Crippen molar-refractivity contribution in [3.8, 4) is 0 Å². The molecule has 2 heterocycles. The molecule has 2 aromatic rings. The molecule has 7 heteroatoms. The van der Waals surface area contributed by atoms with Crippen LogP contribution in [0.15, 0.2) is 84.1 Å². The third kappa shape index (κ3) is 4.03. The second-order valence-electron chi connectivity index (χ2n) is 6.92. The molecule has 0 aromatic heterocycles. The van der Waals surface area contributed by atoms with E-state index in [4.69, 9.17) is 10.5 Å². The Morgan fingerprint density at radius 1 is 1.13 bits per heavy atom. The number of hydrogen-bond acceptors (Lipinski definition) is 5. The quantitative estimate of drug-likeness (QED) is 0.563. The maximum Gasteiger partial charge on any atom is 0.356 e. The molecule has 1 unspecified atom stereocenters. The third-order valence-electron chi connectivity index (χ3n) is 5.03. The Balaban J connectivity index is 0.00000256. The molecule has 0 radical (unpaired) electrons. The van der Waals surface area contributed by atoms with Crippen molar-refractivity contribution in [2.45, 2.75) is 24.4 Å². The zero-order valence-corrected chi connectivity index (χ0v) is 18.1. The lowest BCUT2D eigenvalue weighted by Crippen LogP contribution is -2.68. The summed E-state index contributed by atoms with van der Waals surface area (Å²) in [6.45, 7) is 1.88. The highest BCUT2D eigenvalue weighted by Crippen LogP contribution is 2.41. The average molecular weight is 443 g/mol. The van der Waals surface area contributed by atoms with Gasteiger partial charge in [-0.3, -0.25) is 9.69 Å². The van der Waals surface area contributed by atoms with Crippen LogP contribution in [-0.2, 0) is 14.3 Å². The normalized spacial score (nSPS) is 20.6. The topological polar surface area (TPSA) is 72.6 Å². The second-order valence-corrected chi connectivity index (χ2v) is 8.02. The minimum Gasteiger partial charge on any atom is -0.448 e. The Bertz CT molecular complexity index is 939. The van der Waals surface area contributed by atoms with Crippen molar-refractivity contribution in [1.29, 1.82) is 0 Å². The molecule has 0 spiro atoms. The first-order valence-electron chi connectivity index (χ1n) is 9.48. The van der Waals surface area contributed by atoms with Gasteiger partial charge >= 0.3 is 5.97 Å². The number of benzene rings is 2. The molecular formula is C23H23ClN2O3S. The number of allylic oxidation sites excluding steroid dienone is 2. The summed E-state index contributed by atoms with van der Waals surface area (Å²) in [5, 5.41) is -0.217. The van der Waals surface area contributed by atoms with E-state index in [1.54, 1.807) is 11.8 Å². The van der Waals surface area contributed by atoms with Crippen molar-refractivity contribution < 1.29 is 14.3 Å². The van der Waals surface area contributed by atoms with Crippen molar-refractivity contribution in [2.24, 2.45) is 5.73 Å². The molecule has 2 aliphatic heterocycles. The van der Waals surface area contributed by atoms with E-state index >= 15 is 0 Å². The second kappa shape index (κ2) is 9.51. The van der Waals surface area contributed by atoms with Gasteiger partial charge in [0, 0.05) is 5.75 Å². The summed E-state index contributed by atoms with van der Waals surface area (Å²) < 4.78 is 6.00. The van der Waals surface area contributed by atoms with Gasteiger partial charge in [0.05, 0.1) is 0 Å². The van der Waals surface area contributed by atoms with Crippen LogP contribution < -0.4 is 5.73 Å². The van der Waals surface area contributed by atoms with Crippen LogP contribution in [0, 0.1) is 0 Å². The minimum atomic E-state index is -0.575. The van der Waals surface area contributed by atoms with Crippen LogP contribution in [0.3, 0.4) is 0 Å². The zero-order chi connectivity index (χ0) is 20.4. The van der Waals surface area contributed by atoms with Gasteiger partial charge in [0.1, 0.15) is 17.1 Å². The van der Waals surface area contributed by atoms with Crippen molar-refractivity contribution in [2.75, 3.05) is 5.75 Å².